The van der Waals surface area contributed by atoms with Crippen LogP contribution in [-0.2, 0) is 0 Å². The fourth-order valence-electron chi connectivity index (χ4n) is 7.31. The number of benzene rings is 6. The molecule has 0 N–H and O–H groups in total. The number of hydrogen-bond acceptors (Lipinski definition) is 4. The van der Waals surface area contributed by atoms with Crippen LogP contribution in [0.25, 0.3) is 83.2 Å². The first kappa shape index (κ1) is 27.7. The van der Waals surface area contributed by atoms with Crippen LogP contribution in [0.1, 0.15) is 12.0 Å². The van der Waals surface area contributed by atoms with Crippen LogP contribution in [0, 0.1) is 5.92 Å². The highest BCUT2D eigenvalue weighted by atomic mass is 16.3. The number of furan rings is 1. The van der Waals surface area contributed by atoms with E-state index in [-0.39, 0.29) is 0 Å². The lowest BCUT2D eigenvalue weighted by atomic mass is 9.82. The van der Waals surface area contributed by atoms with E-state index < -0.39 is 0 Å². The number of para-hydroxylation sites is 1. The molecule has 0 saturated heterocycles. The third-order valence-corrected chi connectivity index (χ3v) is 9.83. The summed E-state index contributed by atoms with van der Waals surface area (Å²) in [5.74, 6) is 2.24. The molecule has 2 aliphatic rings. The van der Waals surface area contributed by atoms with E-state index in [2.05, 4.69) is 146 Å². The van der Waals surface area contributed by atoms with Crippen molar-refractivity contribution in [3.8, 4) is 34.2 Å². The van der Waals surface area contributed by atoms with Gasteiger partial charge in [0.25, 0.3) is 0 Å². The minimum absolute atomic E-state index is 0.357. The molecule has 4 heteroatoms. The first-order valence-electron chi connectivity index (χ1n) is 16.7. The fourth-order valence-corrected chi connectivity index (χ4v) is 7.31. The summed E-state index contributed by atoms with van der Waals surface area (Å²) in [5.41, 5.74) is 8.19. The van der Waals surface area contributed by atoms with Crippen LogP contribution < -0.4 is 0 Å². The summed E-state index contributed by atoms with van der Waals surface area (Å²) >= 11 is 0. The van der Waals surface area contributed by atoms with Crippen molar-refractivity contribution in [3.05, 3.63) is 169 Å². The molecule has 8 aromatic rings. The number of nitrogens with zero attached hydrogens (tertiary/aromatic N) is 3. The number of rotatable bonds is 4. The predicted molar refractivity (Wildman–Crippen MR) is 201 cm³/mol. The van der Waals surface area contributed by atoms with E-state index in [0.29, 0.717) is 23.4 Å². The van der Waals surface area contributed by atoms with Crippen LogP contribution in [0.15, 0.2) is 168 Å². The second-order valence-electron chi connectivity index (χ2n) is 12.8. The summed E-state index contributed by atoms with van der Waals surface area (Å²) in [6.07, 6.45) is 14.2. The van der Waals surface area contributed by atoms with E-state index in [1.165, 1.54) is 21.9 Å². The third kappa shape index (κ3) is 4.80. The highest BCUT2D eigenvalue weighted by molar-refractivity contribution is 6.12. The van der Waals surface area contributed by atoms with Crippen molar-refractivity contribution in [1.29, 1.82) is 0 Å². The molecule has 49 heavy (non-hydrogen) atoms. The lowest BCUT2D eigenvalue weighted by molar-refractivity contribution is 0.668. The molecule has 1 atom stereocenters. The predicted octanol–water partition coefficient (Wildman–Crippen LogP) is 11.5. The number of hydrogen-bond donors (Lipinski definition) is 0. The monoisotopic (exact) mass is 627 g/mol. The SMILES string of the molecule is C1=CC2=CC=C(c3cc(-c4nc(-c5ccc6ccccc6c5)nc(-c5ccc6ccccc6c5)n4)c4c(c3)oc3ccccc34)CC2C=C1. The third-order valence-electron chi connectivity index (χ3n) is 9.83. The number of aromatic nitrogens is 3. The lowest BCUT2D eigenvalue weighted by Gasteiger charge is -2.23. The van der Waals surface area contributed by atoms with Crippen LogP contribution in [0.3, 0.4) is 0 Å². The van der Waals surface area contributed by atoms with E-state index in [1.54, 1.807) is 0 Å². The molecule has 0 spiro atoms. The number of fused-ring (bicyclic) bond motifs is 6. The Labute approximate surface area is 283 Å². The maximum Gasteiger partial charge on any atom is 0.164 e. The van der Waals surface area contributed by atoms with Crippen molar-refractivity contribution >= 4 is 49.1 Å². The standard InChI is InChI=1S/C45H29N3O/c1-4-12-31-23-34(20-17-28(31)9-1)37-26-39(42-38-15-7-8-16-40(38)49-41(42)27-37)45-47-43(35-21-18-29-10-2-5-13-32(29)24-35)46-44(48-45)36-22-19-30-11-3-6-14-33(30)25-36/h1-22,24-27,31H,23H2. The maximum atomic E-state index is 6.54. The largest absolute Gasteiger partial charge is 0.456 e. The smallest absolute Gasteiger partial charge is 0.164 e. The van der Waals surface area contributed by atoms with Gasteiger partial charge in [-0.05, 0) is 75.0 Å². The van der Waals surface area contributed by atoms with Gasteiger partial charge in [-0.1, -0.05) is 127 Å². The van der Waals surface area contributed by atoms with Crippen LogP contribution in [0.5, 0.6) is 0 Å². The van der Waals surface area contributed by atoms with E-state index in [9.17, 15) is 0 Å². The minimum atomic E-state index is 0.357. The van der Waals surface area contributed by atoms with Gasteiger partial charge in [-0.2, -0.15) is 0 Å². The molecule has 2 aromatic heterocycles. The fraction of sp³-hybridized carbons (Fsp3) is 0.0444. The Hall–Kier alpha value is -6.39. The highest BCUT2D eigenvalue weighted by Gasteiger charge is 2.23. The zero-order valence-corrected chi connectivity index (χ0v) is 26.5. The molecule has 230 valence electrons. The van der Waals surface area contributed by atoms with Gasteiger partial charge in [-0.3, -0.25) is 0 Å². The first-order chi connectivity index (χ1) is 24.2. The molecule has 6 aromatic carbocycles. The van der Waals surface area contributed by atoms with Crippen molar-refractivity contribution in [2.24, 2.45) is 5.92 Å². The van der Waals surface area contributed by atoms with Gasteiger partial charge in [0, 0.05) is 33.4 Å². The Kier molecular flexibility index (Phi) is 6.28. The average Bonchev–Trinajstić information content (AvgIpc) is 3.55. The van der Waals surface area contributed by atoms with Crippen LogP contribution in [0.2, 0.25) is 0 Å². The van der Waals surface area contributed by atoms with Gasteiger partial charge in [0.2, 0.25) is 0 Å². The molecule has 0 saturated carbocycles. The van der Waals surface area contributed by atoms with Crippen molar-refractivity contribution in [1.82, 2.24) is 15.0 Å². The minimum Gasteiger partial charge on any atom is -0.456 e. The van der Waals surface area contributed by atoms with Crippen molar-refractivity contribution in [2.75, 3.05) is 0 Å². The summed E-state index contributed by atoms with van der Waals surface area (Å²) < 4.78 is 6.54. The Morgan fingerprint density at radius 1 is 0.531 bits per heavy atom. The molecule has 0 aliphatic heterocycles. The summed E-state index contributed by atoms with van der Waals surface area (Å²) in [6.45, 7) is 0. The summed E-state index contributed by atoms with van der Waals surface area (Å²) in [6, 6.07) is 42.2. The Bertz CT molecular complexity index is 2660. The van der Waals surface area contributed by atoms with Gasteiger partial charge in [0.05, 0.1) is 0 Å². The van der Waals surface area contributed by atoms with Gasteiger partial charge >= 0.3 is 0 Å². The first-order valence-corrected chi connectivity index (χ1v) is 16.7. The van der Waals surface area contributed by atoms with E-state index in [1.807, 2.05) is 12.1 Å². The summed E-state index contributed by atoms with van der Waals surface area (Å²) in [4.78, 5) is 15.6. The molecule has 2 aliphatic carbocycles. The van der Waals surface area contributed by atoms with E-state index in [0.717, 1.165) is 61.4 Å². The van der Waals surface area contributed by atoms with Gasteiger partial charge in [-0.25, -0.2) is 15.0 Å². The van der Waals surface area contributed by atoms with Crippen molar-refractivity contribution < 1.29 is 4.42 Å². The average molecular weight is 628 g/mol. The Morgan fingerprint density at radius 2 is 1.18 bits per heavy atom. The molecule has 0 bridgehead atoms. The van der Waals surface area contributed by atoms with Gasteiger partial charge < -0.3 is 4.42 Å². The van der Waals surface area contributed by atoms with E-state index in [4.69, 9.17) is 19.4 Å². The zero-order valence-electron chi connectivity index (χ0n) is 26.5. The molecule has 10 rings (SSSR count). The molecule has 0 fully saturated rings. The summed E-state index contributed by atoms with van der Waals surface area (Å²) in [5, 5.41) is 6.68. The van der Waals surface area contributed by atoms with Gasteiger partial charge in [0.15, 0.2) is 17.5 Å². The quantitative estimate of drug-likeness (QED) is 0.195. The van der Waals surface area contributed by atoms with Gasteiger partial charge in [0.1, 0.15) is 11.2 Å². The zero-order chi connectivity index (χ0) is 32.3. The number of allylic oxidation sites excluding steroid dienone is 8. The topological polar surface area (TPSA) is 51.8 Å². The second kappa shape index (κ2) is 11.1. The highest BCUT2D eigenvalue weighted by Crippen LogP contribution is 2.42. The molecular weight excluding hydrogens is 599 g/mol. The Morgan fingerprint density at radius 3 is 1.92 bits per heavy atom. The molecule has 1 unspecified atom stereocenters. The normalized spacial score (nSPS) is 15.6. The molecule has 2 heterocycles. The summed E-state index contributed by atoms with van der Waals surface area (Å²) in [7, 11) is 0. The van der Waals surface area contributed by atoms with E-state index >= 15 is 0 Å². The Balaban J connectivity index is 1.23. The lowest BCUT2D eigenvalue weighted by Crippen LogP contribution is -2.07. The molecule has 0 radical (unpaired) electrons. The van der Waals surface area contributed by atoms with Crippen molar-refractivity contribution in [3.63, 3.8) is 0 Å². The maximum absolute atomic E-state index is 6.54. The molecular formula is C45H29N3O. The molecule has 4 nitrogen and oxygen atoms in total. The van der Waals surface area contributed by atoms with Crippen LogP contribution in [0.4, 0.5) is 0 Å². The van der Waals surface area contributed by atoms with Gasteiger partial charge in [-0.15, -0.1) is 0 Å². The van der Waals surface area contributed by atoms with Crippen LogP contribution in [-0.4, -0.2) is 15.0 Å². The molecule has 0 amide bonds. The second-order valence-corrected chi connectivity index (χ2v) is 12.8. The van der Waals surface area contributed by atoms with Crippen LogP contribution >= 0.6 is 0 Å². The van der Waals surface area contributed by atoms with Crippen molar-refractivity contribution in [2.45, 2.75) is 6.42 Å².